The third-order valence-electron chi connectivity index (χ3n) is 3.48. The molecule has 0 saturated carbocycles. The number of ketones is 1. The molecule has 1 fully saturated rings. The fourth-order valence-electron chi connectivity index (χ4n) is 2.36. The molecule has 1 aliphatic rings. The average molecular weight is 277 g/mol. The maximum absolute atomic E-state index is 12.1. The summed E-state index contributed by atoms with van der Waals surface area (Å²) in [5, 5.41) is 2.88. The van der Waals surface area contributed by atoms with E-state index in [0.29, 0.717) is 12.8 Å². The van der Waals surface area contributed by atoms with E-state index in [4.69, 9.17) is 0 Å². The molecule has 1 heterocycles. The molecular formula is C15H19NO2S. The lowest BCUT2D eigenvalue weighted by Gasteiger charge is -2.28. The zero-order chi connectivity index (χ0) is 13.7. The number of rotatable bonds is 5. The number of nitrogens with one attached hydrogen (secondary N) is 1. The molecule has 1 saturated heterocycles. The van der Waals surface area contributed by atoms with E-state index in [1.807, 2.05) is 36.6 Å². The van der Waals surface area contributed by atoms with Gasteiger partial charge in [-0.2, -0.15) is 11.8 Å². The van der Waals surface area contributed by atoms with Crippen molar-refractivity contribution in [3.05, 3.63) is 35.9 Å². The van der Waals surface area contributed by atoms with Gasteiger partial charge >= 0.3 is 0 Å². The van der Waals surface area contributed by atoms with E-state index in [2.05, 4.69) is 5.32 Å². The van der Waals surface area contributed by atoms with Crippen molar-refractivity contribution in [3.8, 4) is 0 Å². The van der Waals surface area contributed by atoms with Crippen LogP contribution < -0.4 is 5.32 Å². The summed E-state index contributed by atoms with van der Waals surface area (Å²) >= 11 is 1.71. The van der Waals surface area contributed by atoms with Crippen LogP contribution in [0.3, 0.4) is 0 Å². The van der Waals surface area contributed by atoms with Crippen LogP contribution in [0.4, 0.5) is 0 Å². The van der Waals surface area contributed by atoms with Crippen molar-refractivity contribution < 1.29 is 9.59 Å². The van der Waals surface area contributed by atoms with Crippen LogP contribution in [0.25, 0.3) is 0 Å². The summed E-state index contributed by atoms with van der Waals surface area (Å²) in [5.74, 6) is 0.991. The van der Waals surface area contributed by atoms with Crippen LogP contribution in [-0.4, -0.2) is 29.7 Å². The largest absolute Gasteiger partial charge is 0.346 e. The van der Waals surface area contributed by atoms with Gasteiger partial charge in [0.1, 0.15) is 0 Å². The van der Waals surface area contributed by atoms with Crippen LogP contribution in [-0.2, 0) is 16.0 Å². The van der Waals surface area contributed by atoms with Gasteiger partial charge in [-0.1, -0.05) is 30.3 Å². The van der Waals surface area contributed by atoms with Crippen molar-refractivity contribution in [3.63, 3.8) is 0 Å². The highest BCUT2D eigenvalue weighted by Crippen LogP contribution is 2.20. The molecule has 0 radical (unpaired) electrons. The summed E-state index contributed by atoms with van der Waals surface area (Å²) in [7, 11) is 0. The zero-order valence-corrected chi connectivity index (χ0v) is 11.9. The number of Topliss-reactive ketones (excluding diaryl/α,β-unsaturated/α-hetero) is 1. The Bertz CT molecular complexity index is 447. The number of hydrogen-bond acceptors (Lipinski definition) is 3. The third kappa shape index (κ3) is 3.83. The van der Waals surface area contributed by atoms with Gasteiger partial charge in [0.15, 0.2) is 5.78 Å². The van der Waals surface area contributed by atoms with Crippen molar-refractivity contribution in [2.24, 2.45) is 5.92 Å². The number of piperidine rings is 1. The SMILES string of the molecule is CSCC[C@H]1CC(=O)[C@H](Cc2ccccc2)NC1=O. The van der Waals surface area contributed by atoms with Gasteiger partial charge in [0.05, 0.1) is 6.04 Å². The summed E-state index contributed by atoms with van der Waals surface area (Å²) in [5.41, 5.74) is 1.09. The molecule has 1 N–H and O–H groups in total. The molecule has 0 bridgehead atoms. The molecule has 19 heavy (non-hydrogen) atoms. The summed E-state index contributed by atoms with van der Waals surface area (Å²) in [6.45, 7) is 0. The van der Waals surface area contributed by atoms with Crippen molar-refractivity contribution in [1.82, 2.24) is 5.32 Å². The van der Waals surface area contributed by atoms with Crippen LogP contribution in [0.5, 0.6) is 0 Å². The molecule has 2 atom stereocenters. The summed E-state index contributed by atoms with van der Waals surface area (Å²) in [6, 6.07) is 9.47. The molecule has 2 rings (SSSR count). The highest BCUT2D eigenvalue weighted by atomic mass is 32.2. The monoisotopic (exact) mass is 277 g/mol. The Labute approximate surface area is 118 Å². The normalized spacial score (nSPS) is 23.2. The van der Waals surface area contributed by atoms with Crippen molar-refractivity contribution >= 4 is 23.5 Å². The number of benzene rings is 1. The maximum Gasteiger partial charge on any atom is 0.224 e. The maximum atomic E-state index is 12.1. The first-order valence-corrected chi connectivity index (χ1v) is 7.96. The first-order valence-electron chi connectivity index (χ1n) is 6.56. The summed E-state index contributed by atoms with van der Waals surface area (Å²) in [4.78, 5) is 24.1. The van der Waals surface area contributed by atoms with E-state index >= 15 is 0 Å². The number of carbonyl (C=O) groups is 2. The highest BCUT2D eigenvalue weighted by Gasteiger charge is 2.33. The van der Waals surface area contributed by atoms with Crippen LogP contribution in [0.15, 0.2) is 30.3 Å². The van der Waals surface area contributed by atoms with Crippen LogP contribution in [0.1, 0.15) is 18.4 Å². The van der Waals surface area contributed by atoms with Gasteiger partial charge in [-0.05, 0) is 30.4 Å². The van der Waals surface area contributed by atoms with Gasteiger partial charge in [0.2, 0.25) is 5.91 Å². The molecule has 0 unspecified atom stereocenters. The van der Waals surface area contributed by atoms with Gasteiger partial charge in [-0.25, -0.2) is 0 Å². The molecule has 0 aliphatic carbocycles. The predicted molar refractivity (Wildman–Crippen MR) is 78.2 cm³/mol. The Morgan fingerprint density at radius 2 is 2.00 bits per heavy atom. The fraction of sp³-hybridized carbons (Fsp3) is 0.467. The number of hydrogen-bond donors (Lipinski definition) is 1. The van der Waals surface area contributed by atoms with Crippen molar-refractivity contribution in [1.29, 1.82) is 0 Å². The lowest BCUT2D eigenvalue weighted by molar-refractivity contribution is -0.137. The second-order valence-corrected chi connectivity index (χ2v) is 5.89. The third-order valence-corrected chi connectivity index (χ3v) is 4.12. The van der Waals surface area contributed by atoms with E-state index in [9.17, 15) is 9.59 Å². The Kier molecular flexibility index (Phi) is 5.02. The summed E-state index contributed by atoms with van der Waals surface area (Å²) < 4.78 is 0. The van der Waals surface area contributed by atoms with Gasteiger partial charge in [0, 0.05) is 12.3 Å². The van der Waals surface area contributed by atoms with Crippen LogP contribution in [0, 0.1) is 5.92 Å². The van der Waals surface area contributed by atoms with Gasteiger partial charge in [0.25, 0.3) is 0 Å². The highest BCUT2D eigenvalue weighted by molar-refractivity contribution is 7.98. The quantitative estimate of drug-likeness (QED) is 0.896. The first-order chi connectivity index (χ1) is 9.20. The van der Waals surface area contributed by atoms with Crippen molar-refractivity contribution in [2.75, 3.05) is 12.0 Å². The fourth-order valence-corrected chi connectivity index (χ4v) is 2.88. The molecule has 0 spiro atoms. The van der Waals surface area contributed by atoms with Gasteiger partial charge in [-0.3, -0.25) is 9.59 Å². The Morgan fingerprint density at radius 1 is 1.26 bits per heavy atom. The standard InChI is InChI=1S/C15H19NO2S/c1-19-8-7-12-10-14(17)13(16-15(12)18)9-11-5-3-2-4-6-11/h2-6,12-13H,7-10H2,1H3,(H,16,18)/t12-,13-/m0/s1. The molecule has 3 nitrogen and oxygen atoms in total. The van der Waals surface area contributed by atoms with E-state index in [1.165, 1.54) is 0 Å². The van der Waals surface area contributed by atoms with Gasteiger partial charge < -0.3 is 5.32 Å². The number of thioether (sulfide) groups is 1. The molecule has 4 heteroatoms. The first kappa shape index (κ1) is 14.1. The Hall–Kier alpha value is -1.29. The van der Waals surface area contributed by atoms with E-state index in [-0.39, 0.29) is 23.7 Å². The zero-order valence-electron chi connectivity index (χ0n) is 11.1. The van der Waals surface area contributed by atoms with E-state index in [1.54, 1.807) is 11.8 Å². The second-order valence-electron chi connectivity index (χ2n) is 4.90. The Balaban J connectivity index is 1.95. The van der Waals surface area contributed by atoms with Crippen LogP contribution >= 0.6 is 11.8 Å². The molecule has 0 aromatic heterocycles. The smallest absolute Gasteiger partial charge is 0.224 e. The van der Waals surface area contributed by atoms with E-state index in [0.717, 1.165) is 17.7 Å². The minimum absolute atomic E-state index is 0.0366. The molecule has 1 aromatic carbocycles. The van der Waals surface area contributed by atoms with E-state index < -0.39 is 0 Å². The second kappa shape index (κ2) is 6.75. The van der Waals surface area contributed by atoms with Crippen LogP contribution in [0.2, 0.25) is 0 Å². The van der Waals surface area contributed by atoms with Gasteiger partial charge in [-0.15, -0.1) is 0 Å². The molecule has 102 valence electrons. The topological polar surface area (TPSA) is 46.2 Å². The number of amides is 1. The molecule has 1 aromatic rings. The molecule has 1 aliphatic heterocycles. The summed E-state index contributed by atoms with van der Waals surface area (Å²) in [6.07, 6.45) is 3.79. The lowest BCUT2D eigenvalue weighted by atomic mass is 9.88. The minimum Gasteiger partial charge on any atom is -0.346 e. The van der Waals surface area contributed by atoms with Crippen molar-refractivity contribution in [2.45, 2.75) is 25.3 Å². The lowest BCUT2D eigenvalue weighted by Crippen LogP contribution is -2.51. The number of carbonyl (C=O) groups excluding carboxylic acids is 2. The molecular weight excluding hydrogens is 258 g/mol. The minimum atomic E-state index is -0.347. The average Bonchev–Trinajstić information content (AvgIpc) is 2.42. The Morgan fingerprint density at radius 3 is 2.68 bits per heavy atom. The molecule has 1 amide bonds. The predicted octanol–water partition coefficient (Wildman–Crippen LogP) is 2.06.